The Morgan fingerprint density at radius 2 is 2.07 bits per heavy atom. The molecule has 0 fully saturated rings. The van der Waals surface area contributed by atoms with Crippen LogP contribution in [-0.4, -0.2) is 6.54 Å². The van der Waals surface area contributed by atoms with Crippen molar-refractivity contribution in [3.8, 4) is 0 Å². The van der Waals surface area contributed by atoms with Gasteiger partial charge in [0, 0.05) is 6.54 Å². The molecule has 0 radical (unpaired) electrons. The van der Waals surface area contributed by atoms with Gasteiger partial charge in [0.2, 0.25) is 0 Å². The fraction of sp³-hybridized carbons (Fsp3) is 0.500. The van der Waals surface area contributed by atoms with Crippen molar-refractivity contribution in [1.29, 1.82) is 0 Å². The number of anilines is 1. The van der Waals surface area contributed by atoms with Gasteiger partial charge in [-0.05, 0) is 31.0 Å². The van der Waals surface area contributed by atoms with Crippen molar-refractivity contribution in [3.05, 3.63) is 29.6 Å². The average Bonchev–Trinajstić information content (AvgIpc) is 2.18. The van der Waals surface area contributed by atoms with Gasteiger partial charge in [-0.25, -0.2) is 4.39 Å². The topological polar surface area (TPSA) is 12.0 Å². The predicted octanol–water partition coefficient (Wildman–Crippen LogP) is 3.74. The maximum Gasteiger partial charge on any atom is 0.146 e. The zero-order chi connectivity index (χ0) is 10.4. The molecular weight excluding hydrogens is 177 g/mol. The number of halogens is 1. The van der Waals surface area contributed by atoms with Crippen LogP contribution in [0.1, 0.15) is 31.7 Å². The van der Waals surface area contributed by atoms with Crippen molar-refractivity contribution < 1.29 is 4.39 Å². The molecule has 1 N–H and O–H groups in total. The third-order valence-electron chi connectivity index (χ3n) is 2.22. The van der Waals surface area contributed by atoms with Crippen LogP contribution in [0.25, 0.3) is 0 Å². The normalized spacial score (nSPS) is 10.2. The summed E-state index contributed by atoms with van der Waals surface area (Å²) in [6.07, 6.45) is 3.49. The van der Waals surface area contributed by atoms with Crippen LogP contribution in [0.3, 0.4) is 0 Å². The van der Waals surface area contributed by atoms with Crippen LogP contribution >= 0.6 is 0 Å². The van der Waals surface area contributed by atoms with E-state index in [2.05, 4.69) is 12.2 Å². The summed E-state index contributed by atoms with van der Waals surface area (Å²) in [5.74, 6) is -0.160. The van der Waals surface area contributed by atoms with Crippen molar-refractivity contribution in [2.45, 2.75) is 33.1 Å². The highest BCUT2D eigenvalue weighted by Gasteiger charge is 2.00. The Hall–Kier alpha value is -1.05. The molecule has 1 rings (SSSR count). The molecule has 0 aliphatic carbocycles. The number of hydrogen-bond donors (Lipinski definition) is 1. The molecule has 0 spiro atoms. The highest BCUT2D eigenvalue weighted by atomic mass is 19.1. The highest BCUT2D eigenvalue weighted by molar-refractivity contribution is 5.46. The van der Waals surface area contributed by atoms with E-state index >= 15 is 0 Å². The molecule has 0 amide bonds. The lowest BCUT2D eigenvalue weighted by Gasteiger charge is -2.07. The monoisotopic (exact) mass is 195 g/mol. The van der Waals surface area contributed by atoms with Crippen LogP contribution in [0.2, 0.25) is 0 Å². The van der Waals surface area contributed by atoms with E-state index in [-0.39, 0.29) is 5.82 Å². The fourth-order valence-corrected chi connectivity index (χ4v) is 1.37. The third-order valence-corrected chi connectivity index (χ3v) is 2.22. The highest BCUT2D eigenvalue weighted by Crippen LogP contribution is 2.15. The number of nitrogens with one attached hydrogen (secondary N) is 1. The van der Waals surface area contributed by atoms with E-state index < -0.39 is 0 Å². The van der Waals surface area contributed by atoms with E-state index in [9.17, 15) is 4.39 Å². The molecule has 14 heavy (non-hydrogen) atoms. The quantitative estimate of drug-likeness (QED) is 0.706. The van der Waals surface area contributed by atoms with Crippen molar-refractivity contribution in [2.75, 3.05) is 11.9 Å². The van der Waals surface area contributed by atoms with Crippen molar-refractivity contribution in [2.24, 2.45) is 0 Å². The minimum atomic E-state index is -0.160. The van der Waals surface area contributed by atoms with E-state index in [0.29, 0.717) is 5.69 Å². The lowest BCUT2D eigenvalue weighted by molar-refractivity contribution is 0.628. The number of aryl methyl sites for hydroxylation is 1. The molecule has 0 aliphatic heterocycles. The lowest BCUT2D eigenvalue weighted by Crippen LogP contribution is -2.03. The second kappa shape index (κ2) is 5.63. The van der Waals surface area contributed by atoms with Gasteiger partial charge in [-0.2, -0.15) is 0 Å². The Morgan fingerprint density at radius 3 is 2.79 bits per heavy atom. The van der Waals surface area contributed by atoms with Crippen LogP contribution in [0.5, 0.6) is 0 Å². The van der Waals surface area contributed by atoms with Gasteiger partial charge in [0.1, 0.15) is 5.82 Å². The Balaban J connectivity index is 2.45. The van der Waals surface area contributed by atoms with E-state index in [0.717, 1.165) is 18.5 Å². The van der Waals surface area contributed by atoms with Crippen LogP contribution in [0.4, 0.5) is 10.1 Å². The standard InChI is InChI=1S/C12H18FN/c1-3-4-5-8-14-12-9-10(2)6-7-11(12)13/h6-7,9,14H,3-5,8H2,1-2H3. The van der Waals surface area contributed by atoms with Gasteiger partial charge in [0.05, 0.1) is 5.69 Å². The Labute approximate surface area is 85.3 Å². The van der Waals surface area contributed by atoms with Gasteiger partial charge in [-0.3, -0.25) is 0 Å². The largest absolute Gasteiger partial charge is 0.383 e. The van der Waals surface area contributed by atoms with Gasteiger partial charge in [0.25, 0.3) is 0 Å². The van der Waals surface area contributed by atoms with E-state index in [4.69, 9.17) is 0 Å². The minimum Gasteiger partial charge on any atom is -0.383 e. The molecule has 1 nitrogen and oxygen atoms in total. The molecule has 0 unspecified atom stereocenters. The molecule has 0 aliphatic rings. The number of benzene rings is 1. The smallest absolute Gasteiger partial charge is 0.146 e. The van der Waals surface area contributed by atoms with Crippen LogP contribution in [0, 0.1) is 12.7 Å². The van der Waals surface area contributed by atoms with Crippen LogP contribution < -0.4 is 5.32 Å². The Bertz CT molecular complexity index is 284. The third kappa shape index (κ3) is 3.36. The van der Waals surface area contributed by atoms with Crippen molar-refractivity contribution in [3.63, 3.8) is 0 Å². The maximum atomic E-state index is 13.2. The molecular formula is C12H18FN. The molecule has 0 bridgehead atoms. The lowest BCUT2D eigenvalue weighted by atomic mass is 10.2. The Kier molecular flexibility index (Phi) is 4.44. The first-order valence-electron chi connectivity index (χ1n) is 5.24. The summed E-state index contributed by atoms with van der Waals surface area (Å²) in [5.41, 5.74) is 1.71. The molecule has 1 aromatic carbocycles. The van der Waals surface area contributed by atoms with Gasteiger partial charge < -0.3 is 5.32 Å². The number of rotatable bonds is 5. The SMILES string of the molecule is CCCCCNc1cc(C)ccc1F. The summed E-state index contributed by atoms with van der Waals surface area (Å²) in [5, 5.41) is 3.11. The molecule has 0 heterocycles. The molecule has 0 saturated carbocycles. The first-order valence-corrected chi connectivity index (χ1v) is 5.24. The zero-order valence-corrected chi connectivity index (χ0v) is 8.94. The summed E-state index contributed by atoms with van der Waals surface area (Å²) in [7, 11) is 0. The summed E-state index contributed by atoms with van der Waals surface area (Å²) in [6, 6.07) is 5.14. The van der Waals surface area contributed by atoms with E-state index in [1.807, 2.05) is 13.0 Å². The molecule has 1 aromatic rings. The second-order valence-corrected chi connectivity index (χ2v) is 3.62. The minimum absolute atomic E-state index is 0.160. The molecule has 0 aromatic heterocycles. The van der Waals surface area contributed by atoms with E-state index in [1.165, 1.54) is 18.9 Å². The van der Waals surface area contributed by atoms with Gasteiger partial charge >= 0.3 is 0 Å². The molecule has 0 saturated heterocycles. The number of unbranched alkanes of at least 4 members (excludes halogenated alkanes) is 2. The van der Waals surface area contributed by atoms with Gasteiger partial charge in [-0.1, -0.05) is 25.8 Å². The summed E-state index contributed by atoms with van der Waals surface area (Å²) in [6.45, 7) is 4.98. The van der Waals surface area contributed by atoms with Crippen molar-refractivity contribution in [1.82, 2.24) is 0 Å². The average molecular weight is 195 g/mol. The number of hydrogen-bond acceptors (Lipinski definition) is 1. The first kappa shape index (κ1) is 11.0. The van der Waals surface area contributed by atoms with Crippen molar-refractivity contribution >= 4 is 5.69 Å². The first-order chi connectivity index (χ1) is 6.74. The Morgan fingerprint density at radius 1 is 1.29 bits per heavy atom. The van der Waals surface area contributed by atoms with Gasteiger partial charge in [-0.15, -0.1) is 0 Å². The van der Waals surface area contributed by atoms with Crippen LogP contribution in [-0.2, 0) is 0 Å². The molecule has 0 atom stereocenters. The van der Waals surface area contributed by atoms with Crippen LogP contribution in [0.15, 0.2) is 18.2 Å². The summed E-state index contributed by atoms with van der Waals surface area (Å²) >= 11 is 0. The summed E-state index contributed by atoms with van der Waals surface area (Å²) in [4.78, 5) is 0. The molecule has 78 valence electrons. The van der Waals surface area contributed by atoms with Gasteiger partial charge in [0.15, 0.2) is 0 Å². The van der Waals surface area contributed by atoms with E-state index in [1.54, 1.807) is 6.07 Å². The second-order valence-electron chi connectivity index (χ2n) is 3.62. The maximum absolute atomic E-state index is 13.2. The molecule has 2 heteroatoms. The fourth-order valence-electron chi connectivity index (χ4n) is 1.37. The zero-order valence-electron chi connectivity index (χ0n) is 8.94. The predicted molar refractivity (Wildman–Crippen MR) is 59.2 cm³/mol. The summed E-state index contributed by atoms with van der Waals surface area (Å²) < 4.78 is 13.2.